The van der Waals surface area contributed by atoms with Gasteiger partial charge in [-0.15, -0.1) is 12.4 Å². The van der Waals surface area contributed by atoms with Crippen LogP contribution in [0.15, 0.2) is 0 Å². The average molecular weight is 418 g/mol. The summed E-state index contributed by atoms with van der Waals surface area (Å²) < 4.78 is 0. The number of nitrogens with two attached hydrogens (primary N) is 1. The van der Waals surface area contributed by atoms with Gasteiger partial charge < -0.3 is 21.5 Å². The lowest BCUT2D eigenvalue weighted by Crippen LogP contribution is -2.41. The molecule has 5 heteroatoms. The summed E-state index contributed by atoms with van der Waals surface area (Å²) in [6.07, 6.45) is 20.5. The molecule has 28 heavy (non-hydrogen) atoms. The molecule has 4 nitrogen and oxygen atoms in total. The zero-order valence-corrected chi connectivity index (χ0v) is 19.0. The van der Waals surface area contributed by atoms with Gasteiger partial charge in [0.05, 0.1) is 6.10 Å². The molecule has 2 rings (SSSR count). The van der Waals surface area contributed by atoms with Crippen molar-refractivity contribution in [3.63, 3.8) is 0 Å². The first-order valence-electron chi connectivity index (χ1n) is 12.1. The van der Waals surface area contributed by atoms with Crippen LogP contribution < -0.4 is 16.4 Å². The molecule has 0 amide bonds. The topological polar surface area (TPSA) is 70.3 Å². The average Bonchev–Trinajstić information content (AvgIpc) is 2.72. The standard InChI is InChI=1S/C23H47N3O.ClH/c24-16-7-17-25-18-23(27)19-26-22(14-12-20-8-3-1-4-9-20)15-13-21-10-5-2-6-11-21;/h20-23,25-27H,1-19,24H2;1H. The molecule has 2 aliphatic carbocycles. The molecule has 168 valence electrons. The van der Waals surface area contributed by atoms with Gasteiger partial charge in [-0.2, -0.15) is 0 Å². The number of nitrogens with one attached hydrogen (secondary N) is 2. The van der Waals surface area contributed by atoms with Crippen molar-refractivity contribution >= 4 is 12.4 Å². The van der Waals surface area contributed by atoms with Gasteiger partial charge in [0.15, 0.2) is 0 Å². The van der Waals surface area contributed by atoms with Gasteiger partial charge in [0, 0.05) is 19.1 Å². The molecule has 0 radical (unpaired) electrons. The summed E-state index contributed by atoms with van der Waals surface area (Å²) in [6.45, 7) is 3.01. The fourth-order valence-corrected chi connectivity index (χ4v) is 5.04. The number of hydrogen-bond donors (Lipinski definition) is 4. The second-order valence-electron chi connectivity index (χ2n) is 9.27. The molecule has 2 saturated carbocycles. The minimum atomic E-state index is -0.297. The Balaban J connectivity index is 0.00000392. The van der Waals surface area contributed by atoms with Crippen LogP contribution in [0.5, 0.6) is 0 Å². The maximum Gasteiger partial charge on any atom is 0.0788 e. The van der Waals surface area contributed by atoms with Gasteiger partial charge in [0.25, 0.3) is 0 Å². The number of aliphatic hydroxyl groups is 1. The van der Waals surface area contributed by atoms with Crippen LogP contribution in [0.3, 0.4) is 0 Å². The molecular formula is C23H48ClN3O. The van der Waals surface area contributed by atoms with E-state index >= 15 is 0 Å². The highest BCUT2D eigenvalue weighted by atomic mass is 35.5. The van der Waals surface area contributed by atoms with Crippen LogP contribution in [0.4, 0.5) is 0 Å². The third-order valence-electron chi connectivity index (χ3n) is 6.88. The lowest BCUT2D eigenvalue weighted by Gasteiger charge is -2.28. The Morgan fingerprint density at radius 2 is 1.36 bits per heavy atom. The summed E-state index contributed by atoms with van der Waals surface area (Å²) in [5, 5.41) is 17.3. The van der Waals surface area contributed by atoms with Crippen molar-refractivity contribution in [3.05, 3.63) is 0 Å². The molecule has 2 aliphatic rings. The Kier molecular flexibility index (Phi) is 15.8. The SMILES string of the molecule is Cl.NCCCNCC(O)CNC(CCC1CCCCC1)CCC1CCCCC1. The van der Waals surface area contributed by atoms with Crippen molar-refractivity contribution in [1.82, 2.24) is 10.6 Å². The normalized spacial score (nSPS) is 20.2. The van der Waals surface area contributed by atoms with Crippen molar-refractivity contribution in [2.75, 3.05) is 26.2 Å². The maximum atomic E-state index is 10.3. The molecule has 1 atom stereocenters. The molecule has 0 aliphatic heterocycles. The Hall–Kier alpha value is 0.130. The first-order valence-corrected chi connectivity index (χ1v) is 12.1. The Morgan fingerprint density at radius 1 is 0.821 bits per heavy atom. The Morgan fingerprint density at radius 3 is 1.86 bits per heavy atom. The highest BCUT2D eigenvalue weighted by molar-refractivity contribution is 5.85. The zero-order valence-electron chi connectivity index (χ0n) is 18.2. The molecule has 0 aromatic heterocycles. The summed E-state index contributed by atoms with van der Waals surface area (Å²) >= 11 is 0. The fraction of sp³-hybridized carbons (Fsp3) is 1.00. The van der Waals surface area contributed by atoms with E-state index in [2.05, 4.69) is 10.6 Å². The van der Waals surface area contributed by atoms with Crippen LogP contribution >= 0.6 is 12.4 Å². The monoisotopic (exact) mass is 417 g/mol. The van der Waals surface area contributed by atoms with E-state index in [-0.39, 0.29) is 18.5 Å². The predicted octanol–water partition coefficient (Wildman–Crippen LogP) is 4.39. The summed E-state index contributed by atoms with van der Waals surface area (Å²) in [5.74, 6) is 1.92. The molecule has 0 spiro atoms. The lowest BCUT2D eigenvalue weighted by molar-refractivity contribution is 0.160. The van der Waals surface area contributed by atoms with Gasteiger partial charge in [-0.1, -0.05) is 64.2 Å². The minimum Gasteiger partial charge on any atom is -0.390 e. The van der Waals surface area contributed by atoms with Crippen molar-refractivity contribution in [2.45, 2.75) is 108 Å². The van der Waals surface area contributed by atoms with Gasteiger partial charge in [-0.05, 0) is 57.0 Å². The van der Waals surface area contributed by atoms with Gasteiger partial charge >= 0.3 is 0 Å². The summed E-state index contributed by atoms with van der Waals surface area (Å²) in [7, 11) is 0. The first-order chi connectivity index (χ1) is 13.3. The van der Waals surface area contributed by atoms with Crippen molar-refractivity contribution in [1.29, 1.82) is 0 Å². The molecule has 0 aromatic rings. The van der Waals surface area contributed by atoms with Crippen LogP contribution in [0.2, 0.25) is 0 Å². The van der Waals surface area contributed by atoms with Crippen molar-refractivity contribution in [2.24, 2.45) is 17.6 Å². The van der Waals surface area contributed by atoms with Crippen LogP contribution in [-0.2, 0) is 0 Å². The fourth-order valence-electron chi connectivity index (χ4n) is 5.04. The van der Waals surface area contributed by atoms with E-state index in [1.807, 2.05) is 0 Å². The largest absolute Gasteiger partial charge is 0.390 e. The molecule has 0 aromatic carbocycles. The maximum absolute atomic E-state index is 10.3. The summed E-state index contributed by atoms with van der Waals surface area (Å²) in [5.41, 5.74) is 5.52. The summed E-state index contributed by atoms with van der Waals surface area (Å²) in [6, 6.07) is 0.590. The number of hydrogen-bond acceptors (Lipinski definition) is 4. The first kappa shape index (κ1) is 26.2. The van der Waals surface area contributed by atoms with Gasteiger partial charge in [0.1, 0.15) is 0 Å². The van der Waals surface area contributed by atoms with E-state index in [0.29, 0.717) is 19.1 Å². The Labute approximate surface area is 180 Å². The molecule has 0 heterocycles. The lowest BCUT2D eigenvalue weighted by atomic mass is 9.82. The van der Waals surface area contributed by atoms with E-state index in [4.69, 9.17) is 5.73 Å². The van der Waals surface area contributed by atoms with Crippen molar-refractivity contribution in [3.8, 4) is 0 Å². The van der Waals surface area contributed by atoms with Crippen molar-refractivity contribution < 1.29 is 5.11 Å². The van der Waals surface area contributed by atoms with E-state index < -0.39 is 0 Å². The van der Waals surface area contributed by atoms with Crippen LogP contribution in [0.1, 0.15) is 96.3 Å². The molecular weight excluding hydrogens is 370 g/mol. The third kappa shape index (κ3) is 12.0. The van der Waals surface area contributed by atoms with Gasteiger partial charge in [0.2, 0.25) is 0 Å². The van der Waals surface area contributed by atoms with E-state index in [1.165, 1.54) is 89.9 Å². The second kappa shape index (κ2) is 16.9. The zero-order chi connectivity index (χ0) is 19.2. The van der Waals surface area contributed by atoms with Crippen LogP contribution in [0, 0.1) is 11.8 Å². The molecule has 0 bridgehead atoms. The summed E-state index contributed by atoms with van der Waals surface area (Å²) in [4.78, 5) is 0. The van der Waals surface area contributed by atoms with E-state index in [9.17, 15) is 5.11 Å². The highest BCUT2D eigenvalue weighted by Crippen LogP contribution is 2.30. The van der Waals surface area contributed by atoms with Crippen LogP contribution in [-0.4, -0.2) is 43.4 Å². The highest BCUT2D eigenvalue weighted by Gasteiger charge is 2.19. The quantitative estimate of drug-likeness (QED) is 0.316. The van der Waals surface area contributed by atoms with Gasteiger partial charge in [-0.3, -0.25) is 0 Å². The molecule has 2 fully saturated rings. The van der Waals surface area contributed by atoms with E-state index in [0.717, 1.165) is 31.3 Å². The van der Waals surface area contributed by atoms with Gasteiger partial charge in [-0.25, -0.2) is 0 Å². The third-order valence-corrected chi connectivity index (χ3v) is 6.88. The predicted molar refractivity (Wildman–Crippen MR) is 123 cm³/mol. The number of aliphatic hydroxyl groups excluding tert-OH is 1. The second-order valence-corrected chi connectivity index (χ2v) is 9.27. The molecule has 0 saturated heterocycles. The Bertz CT molecular complexity index is 325. The number of halogens is 1. The minimum absolute atomic E-state index is 0. The molecule has 1 unspecified atom stereocenters. The number of rotatable bonds is 14. The smallest absolute Gasteiger partial charge is 0.0788 e. The molecule has 5 N–H and O–H groups in total. The van der Waals surface area contributed by atoms with E-state index in [1.54, 1.807) is 0 Å². The van der Waals surface area contributed by atoms with Crippen LogP contribution in [0.25, 0.3) is 0 Å².